The van der Waals surface area contributed by atoms with E-state index < -0.39 is 11.9 Å². The van der Waals surface area contributed by atoms with Crippen molar-refractivity contribution in [3.8, 4) is 17.2 Å². The fourth-order valence-corrected chi connectivity index (χ4v) is 2.75. The average molecular weight is 378 g/mol. The van der Waals surface area contributed by atoms with E-state index in [4.69, 9.17) is 13.7 Å². The summed E-state index contributed by atoms with van der Waals surface area (Å²) in [6.45, 7) is 1.71. The number of esters is 2. The Morgan fingerprint density at radius 3 is 2.54 bits per heavy atom. The monoisotopic (exact) mass is 378 g/mol. The van der Waals surface area contributed by atoms with Crippen LogP contribution in [0.5, 0.6) is 5.75 Å². The number of methoxy groups -OCH3 is 1. The van der Waals surface area contributed by atoms with E-state index >= 15 is 0 Å². The van der Waals surface area contributed by atoms with E-state index in [1.807, 2.05) is 0 Å². The molecule has 28 heavy (non-hydrogen) atoms. The topological polar surface area (TPSA) is 105 Å². The van der Waals surface area contributed by atoms with Crippen LogP contribution in [0.4, 0.5) is 0 Å². The maximum absolute atomic E-state index is 12.8. The molecule has 1 aromatic carbocycles. The molecule has 0 amide bonds. The van der Waals surface area contributed by atoms with Crippen LogP contribution in [0.15, 0.2) is 57.7 Å². The van der Waals surface area contributed by atoms with Gasteiger partial charge in [-0.15, -0.1) is 0 Å². The third-order valence-corrected chi connectivity index (χ3v) is 4.10. The van der Waals surface area contributed by atoms with Gasteiger partial charge >= 0.3 is 11.9 Å². The average Bonchev–Trinajstić information content (AvgIpc) is 3.37. The molecule has 4 rings (SSSR count). The Bertz CT molecular complexity index is 1160. The van der Waals surface area contributed by atoms with E-state index in [1.54, 1.807) is 25.1 Å². The summed E-state index contributed by atoms with van der Waals surface area (Å²) in [5.74, 6) is -0.335. The van der Waals surface area contributed by atoms with Gasteiger partial charge in [-0.1, -0.05) is 5.16 Å². The van der Waals surface area contributed by atoms with Gasteiger partial charge in [-0.2, -0.15) is 0 Å². The summed E-state index contributed by atoms with van der Waals surface area (Å²) >= 11 is 0. The lowest BCUT2D eigenvalue weighted by atomic mass is 10.1. The summed E-state index contributed by atoms with van der Waals surface area (Å²) in [4.78, 5) is 28.7. The van der Waals surface area contributed by atoms with Crippen molar-refractivity contribution in [2.45, 2.75) is 6.92 Å². The Morgan fingerprint density at radius 2 is 1.86 bits per heavy atom. The molecule has 0 aliphatic carbocycles. The molecule has 3 aromatic heterocycles. The maximum atomic E-state index is 12.8. The van der Waals surface area contributed by atoms with E-state index in [0.717, 1.165) is 0 Å². The molecule has 0 bridgehead atoms. The summed E-state index contributed by atoms with van der Waals surface area (Å²) in [6, 6.07) is 11.0. The number of carbonyl (C=O) groups is 2. The second kappa shape index (κ2) is 6.99. The number of hydrogen-bond donors (Lipinski definition) is 0. The quantitative estimate of drug-likeness (QED) is 0.390. The molecule has 0 radical (unpaired) electrons. The first-order chi connectivity index (χ1) is 13.6. The lowest BCUT2D eigenvalue weighted by molar-refractivity contribution is 0.0600. The lowest BCUT2D eigenvalue weighted by Gasteiger charge is -2.07. The lowest BCUT2D eigenvalue weighted by Crippen LogP contribution is -2.10. The van der Waals surface area contributed by atoms with Crippen LogP contribution in [-0.2, 0) is 4.74 Å². The number of ether oxygens (including phenoxy) is 2. The highest BCUT2D eigenvalue weighted by molar-refractivity contribution is 6.05. The molecule has 0 fully saturated rings. The van der Waals surface area contributed by atoms with Gasteiger partial charge in [0.05, 0.1) is 35.6 Å². The first-order valence-electron chi connectivity index (χ1n) is 8.28. The highest BCUT2D eigenvalue weighted by Gasteiger charge is 2.22. The van der Waals surface area contributed by atoms with Crippen LogP contribution < -0.4 is 4.74 Å². The Kier molecular flexibility index (Phi) is 4.36. The van der Waals surface area contributed by atoms with Crippen molar-refractivity contribution in [3.05, 3.63) is 65.5 Å². The minimum Gasteiger partial charge on any atom is -0.465 e. The third kappa shape index (κ3) is 3.11. The number of furan rings is 1. The van der Waals surface area contributed by atoms with Crippen LogP contribution in [0, 0.1) is 6.92 Å². The maximum Gasteiger partial charge on any atom is 0.344 e. The molecule has 3 heterocycles. The van der Waals surface area contributed by atoms with Gasteiger partial charge in [0.1, 0.15) is 11.4 Å². The van der Waals surface area contributed by atoms with E-state index in [2.05, 4.69) is 14.9 Å². The van der Waals surface area contributed by atoms with Gasteiger partial charge in [0, 0.05) is 0 Å². The van der Waals surface area contributed by atoms with Crippen LogP contribution in [0.2, 0.25) is 0 Å². The van der Waals surface area contributed by atoms with Crippen LogP contribution in [-0.4, -0.2) is 29.2 Å². The molecule has 8 nitrogen and oxygen atoms in total. The zero-order valence-electron chi connectivity index (χ0n) is 15.0. The molecule has 0 atom stereocenters. The molecule has 140 valence electrons. The van der Waals surface area contributed by atoms with Crippen LogP contribution in [0.3, 0.4) is 0 Å². The Hall–Kier alpha value is -3.94. The van der Waals surface area contributed by atoms with Gasteiger partial charge in [-0.3, -0.25) is 0 Å². The number of hydrogen-bond acceptors (Lipinski definition) is 8. The summed E-state index contributed by atoms with van der Waals surface area (Å²) in [5, 5.41) is 4.35. The first-order valence-corrected chi connectivity index (χ1v) is 8.28. The summed E-state index contributed by atoms with van der Waals surface area (Å²) < 4.78 is 20.7. The second-order valence-electron chi connectivity index (χ2n) is 5.89. The van der Waals surface area contributed by atoms with Crippen molar-refractivity contribution in [2.75, 3.05) is 7.11 Å². The number of pyridine rings is 1. The fraction of sp³-hybridized carbons (Fsp3) is 0.100. The largest absolute Gasteiger partial charge is 0.465 e. The number of carbonyl (C=O) groups excluding carboxylic acids is 2. The predicted octanol–water partition coefficient (Wildman–Crippen LogP) is 3.80. The van der Waals surface area contributed by atoms with Gasteiger partial charge in [-0.05, 0) is 49.4 Å². The molecule has 0 N–H and O–H groups in total. The van der Waals surface area contributed by atoms with Gasteiger partial charge < -0.3 is 18.4 Å². The molecule has 0 spiro atoms. The molecule has 8 heteroatoms. The van der Waals surface area contributed by atoms with Crippen molar-refractivity contribution in [3.63, 3.8) is 0 Å². The molecule has 0 aliphatic heterocycles. The van der Waals surface area contributed by atoms with Crippen molar-refractivity contribution in [1.29, 1.82) is 0 Å². The third-order valence-electron chi connectivity index (χ3n) is 4.10. The van der Waals surface area contributed by atoms with Crippen LogP contribution in [0.1, 0.15) is 26.4 Å². The Morgan fingerprint density at radius 1 is 1.07 bits per heavy atom. The molecule has 4 aromatic rings. The smallest absolute Gasteiger partial charge is 0.344 e. The Labute approximate surface area is 158 Å². The number of fused-ring (bicyclic) bond motifs is 1. The van der Waals surface area contributed by atoms with Gasteiger partial charge in [0.2, 0.25) is 0 Å². The van der Waals surface area contributed by atoms with Crippen molar-refractivity contribution in [1.82, 2.24) is 10.1 Å². The molecule has 0 saturated carbocycles. The van der Waals surface area contributed by atoms with Crippen LogP contribution in [0.25, 0.3) is 22.6 Å². The number of aryl methyl sites for hydroxylation is 1. The van der Waals surface area contributed by atoms with Crippen molar-refractivity contribution in [2.24, 2.45) is 0 Å². The van der Waals surface area contributed by atoms with Gasteiger partial charge in [-0.25, -0.2) is 14.6 Å². The molecule has 0 saturated heterocycles. The van der Waals surface area contributed by atoms with Crippen LogP contribution >= 0.6 is 0 Å². The van der Waals surface area contributed by atoms with E-state index in [9.17, 15) is 9.59 Å². The SMILES string of the molecule is COC(=O)c1ccc(OC(=O)c2cc(-c3ccco3)nc3onc(C)c23)cc1. The van der Waals surface area contributed by atoms with Gasteiger partial charge in [0.15, 0.2) is 5.76 Å². The minimum absolute atomic E-state index is 0.208. The number of benzene rings is 1. The minimum atomic E-state index is -0.614. The summed E-state index contributed by atoms with van der Waals surface area (Å²) in [5.41, 5.74) is 1.73. The van der Waals surface area contributed by atoms with E-state index in [1.165, 1.54) is 37.6 Å². The predicted molar refractivity (Wildman–Crippen MR) is 97.0 cm³/mol. The zero-order chi connectivity index (χ0) is 19.7. The molecule has 0 unspecified atom stereocenters. The summed E-state index contributed by atoms with van der Waals surface area (Å²) in [7, 11) is 1.29. The van der Waals surface area contributed by atoms with Crippen molar-refractivity contribution >= 4 is 23.0 Å². The normalized spacial score (nSPS) is 10.8. The Balaban J connectivity index is 1.70. The zero-order valence-corrected chi connectivity index (χ0v) is 15.0. The molecular weight excluding hydrogens is 364 g/mol. The fourth-order valence-electron chi connectivity index (χ4n) is 2.75. The molecule has 0 aliphatic rings. The van der Waals surface area contributed by atoms with E-state index in [0.29, 0.717) is 28.1 Å². The summed E-state index contributed by atoms with van der Waals surface area (Å²) in [6.07, 6.45) is 1.51. The highest BCUT2D eigenvalue weighted by atomic mass is 16.5. The number of nitrogens with zero attached hydrogens (tertiary/aromatic N) is 2. The number of aromatic nitrogens is 2. The van der Waals surface area contributed by atoms with E-state index in [-0.39, 0.29) is 17.0 Å². The number of rotatable bonds is 4. The highest BCUT2D eigenvalue weighted by Crippen LogP contribution is 2.28. The molecular formula is C20H14N2O6. The van der Waals surface area contributed by atoms with Crippen molar-refractivity contribution < 1.29 is 28.0 Å². The second-order valence-corrected chi connectivity index (χ2v) is 5.89. The van der Waals surface area contributed by atoms with Gasteiger partial charge in [0.25, 0.3) is 5.71 Å². The first kappa shape index (κ1) is 17.5. The standard InChI is InChI=1S/C20H14N2O6/c1-11-17-14(10-15(16-4-3-9-26-16)21-18(17)28-22-11)20(24)27-13-7-5-12(6-8-13)19(23)25-2/h3-10H,1-2H3.